The third kappa shape index (κ3) is 2.10. The predicted molar refractivity (Wildman–Crippen MR) is 60.3 cm³/mol. The van der Waals surface area contributed by atoms with Crippen LogP contribution in [0.5, 0.6) is 0 Å². The first kappa shape index (κ1) is 9.97. The maximum Gasteiger partial charge on any atom is 0.180 e. The first-order chi connectivity index (χ1) is 7.31. The monoisotopic (exact) mass is 265 g/mol. The molecule has 0 unspecified atom stereocenters. The van der Waals surface area contributed by atoms with E-state index in [0.29, 0.717) is 11.5 Å². The second-order valence-corrected chi connectivity index (χ2v) is 3.59. The quantitative estimate of drug-likeness (QED) is 0.896. The summed E-state index contributed by atoms with van der Waals surface area (Å²) in [4.78, 5) is 16.4. The first-order valence-corrected chi connectivity index (χ1v) is 5.07. The highest BCUT2D eigenvalue weighted by Gasteiger charge is 2.05. The van der Waals surface area contributed by atoms with Crippen molar-refractivity contribution in [1.29, 1.82) is 0 Å². The van der Waals surface area contributed by atoms with E-state index in [9.17, 15) is 0 Å². The summed E-state index contributed by atoms with van der Waals surface area (Å²) in [6.07, 6.45) is 4.82. The molecule has 1 N–H and O–H groups in total. The fourth-order valence-electron chi connectivity index (χ4n) is 1.09. The van der Waals surface area contributed by atoms with Gasteiger partial charge < -0.3 is 5.32 Å². The highest BCUT2D eigenvalue weighted by atomic mass is 79.9. The minimum atomic E-state index is 0.574. The average Bonchev–Trinajstić information content (AvgIpc) is 2.31. The Labute approximate surface area is 95.1 Å². The Morgan fingerprint density at radius 2 is 2.20 bits per heavy atom. The number of nitrogens with one attached hydrogen (secondary N) is 1. The molecule has 0 aliphatic heterocycles. The summed E-state index contributed by atoms with van der Waals surface area (Å²) in [5.41, 5.74) is 0.703. The molecule has 6 heteroatoms. The standard InChI is InChI=1S/C9H8BrN5/c1-11-8-6(10)4-13-9(15-8)7-2-3-12-5-14-7/h2-5H,1H3,(H,11,13,15). The summed E-state index contributed by atoms with van der Waals surface area (Å²) in [6, 6.07) is 1.77. The lowest BCUT2D eigenvalue weighted by molar-refractivity contribution is 1.09. The largest absolute Gasteiger partial charge is 0.372 e. The topological polar surface area (TPSA) is 63.6 Å². The van der Waals surface area contributed by atoms with Gasteiger partial charge in [-0.25, -0.2) is 19.9 Å². The van der Waals surface area contributed by atoms with Crippen LogP contribution in [-0.4, -0.2) is 27.0 Å². The van der Waals surface area contributed by atoms with E-state index >= 15 is 0 Å². The minimum Gasteiger partial charge on any atom is -0.372 e. The fourth-order valence-corrected chi connectivity index (χ4v) is 1.48. The Hall–Kier alpha value is -1.56. The number of hydrogen-bond donors (Lipinski definition) is 1. The van der Waals surface area contributed by atoms with Gasteiger partial charge in [0.05, 0.1) is 4.47 Å². The molecule has 2 rings (SSSR count). The number of halogens is 1. The van der Waals surface area contributed by atoms with Gasteiger partial charge in [-0.2, -0.15) is 0 Å². The van der Waals surface area contributed by atoms with Crippen LogP contribution in [0, 0.1) is 0 Å². The van der Waals surface area contributed by atoms with Crippen molar-refractivity contribution >= 4 is 21.7 Å². The van der Waals surface area contributed by atoms with Crippen LogP contribution < -0.4 is 5.32 Å². The summed E-state index contributed by atoms with van der Waals surface area (Å²) in [5.74, 6) is 1.31. The van der Waals surface area contributed by atoms with E-state index in [0.717, 1.165) is 10.3 Å². The summed E-state index contributed by atoms with van der Waals surface area (Å²) >= 11 is 3.34. The van der Waals surface area contributed by atoms with Crippen LogP contribution in [0.2, 0.25) is 0 Å². The van der Waals surface area contributed by atoms with Gasteiger partial charge in [0.2, 0.25) is 0 Å². The Morgan fingerprint density at radius 1 is 1.33 bits per heavy atom. The SMILES string of the molecule is CNc1nc(-c2ccncn2)ncc1Br. The first-order valence-electron chi connectivity index (χ1n) is 4.28. The lowest BCUT2D eigenvalue weighted by atomic mass is 10.4. The van der Waals surface area contributed by atoms with Crippen molar-refractivity contribution in [3.63, 3.8) is 0 Å². The molecular weight excluding hydrogens is 258 g/mol. The van der Waals surface area contributed by atoms with E-state index in [1.807, 2.05) is 0 Å². The molecule has 0 spiro atoms. The van der Waals surface area contributed by atoms with Crippen molar-refractivity contribution < 1.29 is 0 Å². The molecule has 2 aromatic rings. The van der Waals surface area contributed by atoms with Crippen LogP contribution in [-0.2, 0) is 0 Å². The molecule has 76 valence electrons. The van der Waals surface area contributed by atoms with Crippen LogP contribution in [0.25, 0.3) is 11.5 Å². The van der Waals surface area contributed by atoms with Gasteiger partial charge in [-0.1, -0.05) is 0 Å². The van der Waals surface area contributed by atoms with Crippen LogP contribution >= 0.6 is 15.9 Å². The Bertz CT molecular complexity index is 459. The molecule has 0 bridgehead atoms. The molecular formula is C9H8BrN5. The van der Waals surface area contributed by atoms with Crippen molar-refractivity contribution in [3.8, 4) is 11.5 Å². The second kappa shape index (κ2) is 4.31. The minimum absolute atomic E-state index is 0.574. The molecule has 5 nitrogen and oxygen atoms in total. The van der Waals surface area contributed by atoms with Crippen LogP contribution in [0.15, 0.2) is 29.3 Å². The smallest absolute Gasteiger partial charge is 0.180 e. The van der Waals surface area contributed by atoms with Gasteiger partial charge in [0, 0.05) is 19.4 Å². The third-order valence-corrected chi connectivity index (χ3v) is 2.37. The molecule has 0 amide bonds. The van der Waals surface area contributed by atoms with Crippen LogP contribution in [0.1, 0.15) is 0 Å². The highest BCUT2D eigenvalue weighted by Crippen LogP contribution is 2.21. The summed E-state index contributed by atoms with van der Waals surface area (Å²) < 4.78 is 0.822. The highest BCUT2D eigenvalue weighted by molar-refractivity contribution is 9.10. The van der Waals surface area contributed by atoms with Crippen molar-refractivity contribution in [2.45, 2.75) is 0 Å². The summed E-state index contributed by atoms with van der Waals surface area (Å²) in [6.45, 7) is 0. The van der Waals surface area contributed by atoms with Crippen molar-refractivity contribution in [1.82, 2.24) is 19.9 Å². The van der Waals surface area contributed by atoms with Gasteiger partial charge in [0.15, 0.2) is 5.82 Å². The Balaban J connectivity index is 2.46. The number of nitrogens with zero attached hydrogens (tertiary/aromatic N) is 4. The lowest BCUT2D eigenvalue weighted by Crippen LogP contribution is -1.98. The Kier molecular flexibility index (Phi) is 2.86. The maximum atomic E-state index is 4.30. The van der Waals surface area contributed by atoms with Gasteiger partial charge in [0.25, 0.3) is 0 Å². The van der Waals surface area contributed by atoms with Gasteiger partial charge in [-0.05, 0) is 22.0 Å². The van der Waals surface area contributed by atoms with E-state index in [1.165, 1.54) is 6.33 Å². The molecule has 0 atom stereocenters. The molecule has 0 radical (unpaired) electrons. The number of anilines is 1. The van der Waals surface area contributed by atoms with E-state index in [4.69, 9.17) is 0 Å². The molecule has 0 saturated heterocycles. The zero-order chi connectivity index (χ0) is 10.7. The fraction of sp³-hybridized carbons (Fsp3) is 0.111. The second-order valence-electron chi connectivity index (χ2n) is 2.73. The van der Waals surface area contributed by atoms with Gasteiger partial charge in [-0.3, -0.25) is 0 Å². The third-order valence-electron chi connectivity index (χ3n) is 1.79. The molecule has 2 aromatic heterocycles. The number of rotatable bonds is 2. The summed E-state index contributed by atoms with van der Waals surface area (Å²) in [5, 5.41) is 2.96. The van der Waals surface area contributed by atoms with E-state index in [2.05, 4.69) is 41.2 Å². The molecule has 0 fully saturated rings. The predicted octanol–water partition coefficient (Wildman–Crippen LogP) is 1.74. The van der Waals surface area contributed by atoms with Crippen LogP contribution in [0.3, 0.4) is 0 Å². The van der Waals surface area contributed by atoms with Crippen molar-refractivity contribution in [3.05, 3.63) is 29.3 Å². The molecule has 0 aliphatic carbocycles. The number of hydrogen-bond acceptors (Lipinski definition) is 5. The lowest BCUT2D eigenvalue weighted by Gasteiger charge is -2.04. The number of aromatic nitrogens is 4. The molecule has 0 aliphatic rings. The average molecular weight is 266 g/mol. The van der Waals surface area contributed by atoms with E-state index in [1.54, 1.807) is 25.5 Å². The van der Waals surface area contributed by atoms with Gasteiger partial charge in [-0.15, -0.1) is 0 Å². The molecule has 2 heterocycles. The summed E-state index contributed by atoms with van der Waals surface area (Å²) in [7, 11) is 1.80. The molecule has 0 aromatic carbocycles. The molecule has 0 saturated carbocycles. The van der Waals surface area contributed by atoms with E-state index < -0.39 is 0 Å². The molecule has 15 heavy (non-hydrogen) atoms. The normalized spacial score (nSPS) is 10.0. The van der Waals surface area contributed by atoms with Gasteiger partial charge in [0.1, 0.15) is 17.8 Å². The van der Waals surface area contributed by atoms with Crippen LogP contribution in [0.4, 0.5) is 5.82 Å². The zero-order valence-corrected chi connectivity index (χ0v) is 9.56. The van der Waals surface area contributed by atoms with Crippen molar-refractivity contribution in [2.75, 3.05) is 12.4 Å². The van der Waals surface area contributed by atoms with Crippen molar-refractivity contribution in [2.24, 2.45) is 0 Å². The zero-order valence-electron chi connectivity index (χ0n) is 7.98. The van der Waals surface area contributed by atoms with Gasteiger partial charge >= 0.3 is 0 Å². The van der Waals surface area contributed by atoms with E-state index in [-0.39, 0.29) is 0 Å². The Morgan fingerprint density at radius 3 is 2.87 bits per heavy atom. The maximum absolute atomic E-state index is 4.30.